The molecule has 0 radical (unpaired) electrons. The zero-order valence-corrected chi connectivity index (χ0v) is 23.8. The van der Waals surface area contributed by atoms with Crippen LogP contribution >= 0.6 is 0 Å². The Kier molecular flexibility index (Phi) is 6.89. The lowest BCUT2D eigenvalue weighted by atomic mass is 10.0. The van der Waals surface area contributed by atoms with E-state index < -0.39 is 0 Å². The number of allylic oxidation sites excluding steroid dienone is 2. The molecule has 0 amide bonds. The lowest BCUT2D eigenvalue weighted by molar-refractivity contribution is 0.100. The van der Waals surface area contributed by atoms with Crippen molar-refractivity contribution in [3.05, 3.63) is 84.4 Å². The van der Waals surface area contributed by atoms with Crippen molar-refractivity contribution in [1.29, 1.82) is 0 Å². The van der Waals surface area contributed by atoms with Gasteiger partial charge in [-0.3, -0.25) is 14.6 Å². The fourth-order valence-corrected chi connectivity index (χ4v) is 5.65. The number of hydrogen-bond acceptors (Lipinski definition) is 3. The van der Waals surface area contributed by atoms with E-state index in [2.05, 4.69) is 48.7 Å². The number of Topliss-reactive ketones (excluding diaryl/α,β-unsaturated/α-hetero) is 2. The second kappa shape index (κ2) is 9.66. The molecule has 3 N–H and O–H groups in total. The first kappa shape index (κ1) is 26.4. The van der Waals surface area contributed by atoms with Crippen LogP contribution in [0.1, 0.15) is 105 Å². The van der Waals surface area contributed by atoms with Gasteiger partial charge in [0.05, 0.1) is 11.4 Å². The van der Waals surface area contributed by atoms with Gasteiger partial charge in [0.1, 0.15) is 0 Å². The van der Waals surface area contributed by atoms with E-state index in [0.717, 1.165) is 73.4 Å². The summed E-state index contributed by atoms with van der Waals surface area (Å²) in [6.45, 7) is 19.7. The van der Waals surface area contributed by atoms with E-state index >= 15 is 0 Å². The summed E-state index contributed by atoms with van der Waals surface area (Å²) < 4.78 is 0. The predicted molar refractivity (Wildman–Crippen MR) is 151 cm³/mol. The van der Waals surface area contributed by atoms with Gasteiger partial charge in [0.15, 0.2) is 11.6 Å². The molecule has 0 saturated carbocycles. The molecule has 0 fully saturated rings. The molecule has 1 aliphatic heterocycles. The predicted octanol–water partition coefficient (Wildman–Crippen LogP) is 6.89. The molecule has 0 atom stereocenters. The molecule has 0 aliphatic carbocycles. The monoisotopic (exact) mass is 498 g/mol. The van der Waals surface area contributed by atoms with Crippen molar-refractivity contribution in [3.8, 4) is 0 Å². The smallest absolute Gasteiger partial charge is 0.161 e. The summed E-state index contributed by atoms with van der Waals surface area (Å²) in [6.07, 6.45) is 3.51. The number of aryl methyl sites for hydroxylation is 2. The summed E-state index contributed by atoms with van der Waals surface area (Å²) in [7, 11) is 0. The molecule has 6 heteroatoms. The van der Waals surface area contributed by atoms with Crippen molar-refractivity contribution < 1.29 is 9.59 Å². The van der Waals surface area contributed by atoms with Crippen LogP contribution in [0.4, 0.5) is 0 Å². The maximum Gasteiger partial charge on any atom is 0.161 e. The maximum absolute atomic E-state index is 12.1. The molecular weight excluding hydrogens is 460 g/mol. The molecule has 0 bridgehead atoms. The molecule has 3 aromatic rings. The Hall–Kier alpha value is -3.67. The van der Waals surface area contributed by atoms with Gasteiger partial charge in [-0.25, -0.2) is 0 Å². The number of H-pyrrole nitrogens is 3. The average Bonchev–Trinajstić information content (AvgIpc) is 3.44. The number of nitrogens with zero attached hydrogens (tertiary/aromatic N) is 1. The minimum atomic E-state index is 0.0884. The van der Waals surface area contributed by atoms with Gasteiger partial charge < -0.3 is 15.0 Å². The van der Waals surface area contributed by atoms with Gasteiger partial charge in [-0.15, -0.1) is 0 Å². The van der Waals surface area contributed by atoms with Gasteiger partial charge in [-0.1, -0.05) is 0 Å². The third-order valence-corrected chi connectivity index (χ3v) is 8.10. The van der Waals surface area contributed by atoms with Crippen LogP contribution in [0, 0.1) is 41.5 Å². The highest BCUT2D eigenvalue weighted by molar-refractivity contribution is 6.06. The van der Waals surface area contributed by atoms with Crippen molar-refractivity contribution in [2.24, 2.45) is 4.99 Å². The zero-order chi connectivity index (χ0) is 27.3. The van der Waals surface area contributed by atoms with Gasteiger partial charge in [-0.05, 0) is 109 Å². The van der Waals surface area contributed by atoms with E-state index in [0.29, 0.717) is 12.8 Å². The van der Waals surface area contributed by atoms with Gasteiger partial charge in [-0.2, -0.15) is 0 Å². The van der Waals surface area contributed by atoms with Gasteiger partial charge in [0.2, 0.25) is 0 Å². The number of carbonyl (C=O) groups excluding carboxylic acids is 2. The third kappa shape index (κ3) is 4.61. The van der Waals surface area contributed by atoms with Crippen LogP contribution in [-0.2, 0) is 12.8 Å². The fraction of sp³-hybridized carbons (Fsp3) is 0.387. The Bertz CT molecular complexity index is 1550. The summed E-state index contributed by atoms with van der Waals surface area (Å²) in [6, 6.07) is 0. The van der Waals surface area contributed by atoms with E-state index in [1.54, 1.807) is 13.8 Å². The quantitative estimate of drug-likeness (QED) is 0.309. The molecule has 37 heavy (non-hydrogen) atoms. The summed E-state index contributed by atoms with van der Waals surface area (Å²) in [4.78, 5) is 39.6. The summed E-state index contributed by atoms with van der Waals surface area (Å²) in [5, 5.41) is 0. The lowest BCUT2D eigenvalue weighted by Crippen LogP contribution is -2.04. The molecule has 0 aromatic carbocycles. The Labute approximate surface area is 219 Å². The first-order valence-electron chi connectivity index (χ1n) is 12.8. The van der Waals surface area contributed by atoms with Crippen LogP contribution in [-0.4, -0.2) is 32.2 Å². The standard InChI is InChI=1S/C31H38N4O2/c1-14-16(3)26(12-28-18(5)30(22(9)36)20(7)32-28)34-24(14)11-25-15(2)17(4)27(35-25)13-29-19(6)31(23(10)37)21(8)33-29/h11,32-34H,12-13H2,1-10H3/b25-11-. The maximum atomic E-state index is 12.1. The van der Waals surface area contributed by atoms with Crippen molar-refractivity contribution in [2.45, 2.75) is 82.1 Å². The number of ketones is 2. The molecule has 0 unspecified atom stereocenters. The fourth-order valence-electron chi connectivity index (χ4n) is 5.65. The summed E-state index contributed by atoms with van der Waals surface area (Å²) in [5.74, 6) is 0.183. The van der Waals surface area contributed by atoms with Crippen LogP contribution in [0.25, 0.3) is 6.08 Å². The van der Waals surface area contributed by atoms with Crippen LogP contribution in [0.15, 0.2) is 21.8 Å². The number of rotatable bonds is 7. The second-order valence-electron chi connectivity index (χ2n) is 10.5. The van der Waals surface area contributed by atoms with E-state index in [4.69, 9.17) is 4.99 Å². The van der Waals surface area contributed by atoms with Gasteiger partial charge in [0, 0.05) is 58.1 Å². The molecule has 1 aliphatic rings. The number of nitrogens with one attached hydrogen (secondary N) is 3. The Balaban J connectivity index is 1.65. The largest absolute Gasteiger partial charge is 0.361 e. The van der Waals surface area contributed by atoms with Gasteiger partial charge in [0.25, 0.3) is 0 Å². The topological polar surface area (TPSA) is 93.9 Å². The second-order valence-corrected chi connectivity index (χ2v) is 10.5. The number of aliphatic imine (C=N–C) groups is 1. The van der Waals surface area contributed by atoms with Crippen molar-refractivity contribution >= 4 is 23.4 Å². The molecule has 3 aromatic heterocycles. The van der Waals surface area contributed by atoms with Crippen molar-refractivity contribution in [2.75, 3.05) is 0 Å². The number of aromatic amines is 3. The van der Waals surface area contributed by atoms with Crippen LogP contribution in [0.3, 0.4) is 0 Å². The molecule has 4 rings (SSSR count). The lowest BCUT2D eigenvalue weighted by Gasteiger charge is -2.03. The number of aromatic nitrogens is 3. The molecule has 0 saturated heterocycles. The Morgan fingerprint density at radius 2 is 1.14 bits per heavy atom. The third-order valence-electron chi connectivity index (χ3n) is 8.10. The van der Waals surface area contributed by atoms with Crippen LogP contribution < -0.4 is 0 Å². The highest BCUT2D eigenvalue weighted by atomic mass is 16.1. The van der Waals surface area contributed by atoms with E-state index in [9.17, 15) is 9.59 Å². The normalized spacial score (nSPS) is 14.8. The zero-order valence-electron chi connectivity index (χ0n) is 23.8. The molecular formula is C31H38N4O2. The van der Waals surface area contributed by atoms with E-state index in [-0.39, 0.29) is 11.6 Å². The Morgan fingerprint density at radius 3 is 1.62 bits per heavy atom. The summed E-state index contributed by atoms with van der Waals surface area (Å²) >= 11 is 0. The highest BCUT2D eigenvalue weighted by Crippen LogP contribution is 2.31. The minimum Gasteiger partial charge on any atom is -0.361 e. The van der Waals surface area contributed by atoms with Crippen LogP contribution in [0.2, 0.25) is 0 Å². The number of carbonyl (C=O) groups is 2. The Morgan fingerprint density at radius 1 is 0.649 bits per heavy atom. The van der Waals surface area contributed by atoms with Crippen molar-refractivity contribution in [1.82, 2.24) is 15.0 Å². The minimum absolute atomic E-state index is 0.0884. The molecule has 0 spiro atoms. The molecule has 6 nitrogen and oxygen atoms in total. The van der Waals surface area contributed by atoms with Crippen molar-refractivity contribution in [3.63, 3.8) is 0 Å². The molecule has 4 heterocycles. The molecule has 194 valence electrons. The SMILES string of the molecule is CC(=O)c1c(C)[nH]c(CC2=N/C(=C\c3[nH]c(Cc4[nH]c(C)c(C(C)=O)c4C)c(C)c3C)C(C)=C2C)c1C. The van der Waals surface area contributed by atoms with E-state index in [1.165, 1.54) is 16.7 Å². The van der Waals surface area contributed by atoms with E-state index in [1.807, 2.05) is 27.7 Å². The summed E-state index contributed by atoms with van der Waals surface area (Å²) in [5.41, 5.74) is 16.5. The first-order valence-corrected chi connectivity index (χ1v) is 12.8. The van der Waals surface area contributed by atoms with Crippen LogP contribution in [0.5, 0.6) is 0 Å². The first-order chi connectivity index (χ1) is 17.3. The van der Waals surface area contributed by atoms with Gasteiger partial charge >= 0.3 is 0 Å². The highest BCUT2D eigenvalue weighted by Gasteiger charge is 2.23. The number of hydrogen-bond donors (Lipinski definition) is 3. The average molecular weight is 499 g/mol.